The number of phosphoric ester groups is 1. The van der Waals surface area contributed by atoms with Crippen molar-refractivity contribution in [2.24, 2.45) is 0 Å². The minimum absolute atomic E-state index is 0.0779. The van der Waals surface area contributed by atoms with Crippen LogP contribution in [0, 0.1) is 0 Å². The van der Waals surface area contributed by atoms with Crippen LogP contribution in [0.15, 0.2) is 12.2 Å². The van der Waals surface area contributed by atoms with Crippen molar-refractivity contribution in [2.75, 3.05) is 40.9 Å². The van der Waals surface area contributed by atoms with Gasteiger partial charge in [-0.05, 0) is 38.5 Å². The summed E-state index contributed by atoms with van der Waals surface area (Å²) in [6, 6.07) is -0.757. The van der Waals surface area contributed by atoms with Crippen molar-refractivity contribution in [3.63, 3.8) is 0 Å². The first-order chi connectivity index (χ1) is 34.5. The van der Waals surface area contributed by atoms with Gasteiger partial charge < -0.3 is 19.8 Å². The number of likely N-dealkylation sites (N-methyl/N-ethyl adjacent to an activating group) is 1. The average Bonchev–Trinajstić information content (AvgIpc) is 3.33. The van der Waals surface area contributed by atoms with E-state index in [4.69, 9.17) is 9.05 Å². The molecular weight excluding hydrogens is 900 g/mol. The van der Waals surface area contributed by atoms with Gasteiger partial charge in [0.2, 0.25) is 5.91 Å². The molecule has 0 saturated carbocycles. The molecule has 0 aliphatic rings. The lowest BCUT2D eigenvalue weighted by molar-refractivity contribution is -0.870. The third-order valence-corrected chi connectivity index (χ3v) is 15.7. The molecule has 0 saturated heterocycles. The van der Waals surface area contributed by atoms with Gasteiger partial charge in [-0.2, -0.15) is 0 Å². The van der Waals surface area contributed by atoms with Crippen LogP contribution in [0.5, 0.6) is 0 Å². The van der Waals surface area contributed by atoms with Crippen molar-refractivity contribution < 1.29 is 32.9 Å². The summed E-state index contributed by atoms with van der Waals surface area (Å²) in [5.74, 6) is -0.137. The lowest BCUT2D eigenvalue weighted by Crippen LogP contribution is -2.46. The highest BCUT2D eigenvalue weighted by Crippen LogP contribution is 2.43. The molecule has 0 aliphatic carbocycles. The van der Waals surface area contributed by atoms with Crippen LogP contribution >= 0.6 is 7.82 Å². The number of nitrogens with one attached hydrogen (secondary N) is 1. The molecule has 0 aromatic rings. The zero-order chi connectivity index (χ0) is 52.0. The molecule has 0 bridgehead atoms. The van der Waals surface area contributed by atoms with Crippen molar-refractivity contribution >= 4 is 13.7 Å². The molecule has 3 unspecified atom stereocenters. The van der Waals surface area contributed by atoms with E-state index in [-0.39, 0.29) is 19.1 Å². The van der Waals surface area contributed by atoms with Crippen LogP contribution in [-0.2, 0) is 18.4 Å². The number of nitrogens with zero attached hydrogens (tertiary/aromatic N) is 1. The second kappa shape index (κ2) is 54.0. The molecule has 0 aromatic carbocycles. The molecule has 424 valence electrons. The van der Waals surface area contributed by atoms with Crippen molar-refractivity contribution in [3.05, 3.63) is 12.2 Å². The van der Waals surface area contributed by atoms with Crippen molar-refractivity contribution in [3.8, 4) is 0 Å². The smallest absolute Gasteiger partial charge is 0.391 e. The summed E-state index contributed by atoms with van der Waals surface area (Å²) < 4.78 is 23.8. The number of quaternary nitrogens is 1. The van der Waals surface area contributed by atoms with E-state index < -0.39 is 20.0 Å². The fourth-order valence-corrected chi connectivity index (χ4v) is 10.5. The lowest BCUT2D eigenvalue weighted by atomic mass is 10.0. The highest BCUT2D eigenvalue weighted by atomic mass is 31.2. The number of amides is 1. The van der Waals surface area contributed by atoms with E-state index in [2.05, 4.69) is 31.3 Å². The van der Waals surface area contributed by atoms with Gasteiger partial charge in [-0.3, -0.25) is 13.8 Å². The highest BCUT2D eigenvalue weighted by molar-refractivity contribution is 7.47. The number of rotatable bonds is 59. The molecule has 0 radical (unpaired) electrons. The number of aliphatic hydroxyl groups excluding tert-OH is 1. The van der Waals surface area contributed by atoms with E-state index in [0.717, 1.165) is 38.5 Å². The van der Waals surface area contributed by atoms with Crippen LogP contribution < -0.4 is 5.32 Å². The first-order valence-corrected chi connectivity index (χ1v) is 33.0. The first-order valence-electron chi connectivity index (χ1n) is 31.6. The van der Waals surface area contributed by atoms with E-state index in [0.29, 0.717) is 23.9 Å². The number of unbranched alkanes of at least 4 members (excludes halogenated alkanes) is 44. The Morgan fingerprint density at radius 3 is 1.08 bits per heavy atom. The highest BCUT2D eigenvalue weighted by Gasteiger charge is 2.28. The molecule has 71 heavy (non-hydrogen) atoms. The minimum Gasteiger partial charge on any atom is -0.391 e. The quantitative estimate of drug-likeness (QED) is 0.0243. The van der Waals surface area contributed by atoms with Crippen molar-refractivity contribution in [1.82, 2.24) is 5.32 Å². The van der Waals surface area contributed by atoms with E-state index in [1.54, 1.807) is 0 Å². The fourth-order valence-electron chi connectivity index (χ4n) is 9.81. The largest absolute Gasteiger partial charge is 0.472 e. The molecule has 0 aromatic heterocycles. The van der Waals surface area contributed by atoms with Gasteiger partial charge in [-0.1, -0.05) is 296 Å². The molecule has 9 heteroatoms. The maximum atomic E-state index is 13.0. The normalized spacial score (nSPS) is 13.8. The standard InChI is InChI=1S/C62H125N2O6P/c1-6-8-10-12-14-16-18-20-22-24-25-26-27-28-29-30-31-32-33-34-35-36-37-38-39-40-42-44-46-48-50-52-54-56-62(66)63-60(59-70-71(67,68)69-58-57-64(3,4)5)61(65)55-53-51-49-47-45-43-41-23-21-19-17-15-13-11-9-7-2/h28-29,60-61,65H,6-27,30-59H2,1-5H3,(H-,63,66,67,68)/p+1/b29-28-. The molecule has 1 amide bonds. The number of hydrogen-bond acceptors (Lipinski definition) is 5. The van der Waals surface area contributed by atoms with Crippen LogP contribution in [0.2, 0.25) is 0 Å². The Hall–Kier alpha value is -0.760. The predicted molar refractivity (Wildman–Crippen MR) is 309 cm³/mol. The number of carbonyl (C=O) groups excluding carboxylic acids is 1. The third kappa shape index (κ3) is 56.8. The second-order valence-electron chi connectivity index (χ2n) is 23.1. The van der Waals surface area contributed by atoms with Gasteiger partial charge in [0.15, 0.2) is 0 Å². The lowest BCUT2D eigenvalue weighted by Gasteiger charge is -2.26. The van der Waals surface area contributed by atoms with E-state index in [9.17, 15) is 19.4 Å². The topological polar surface area (TPSA) is 105 Å². The van der Waals surface area contributed by atoms with E-state index in [1.807, 2.05) is 21.1 Å². The van der Waals surface area contributed by atoms with Gasteiger partial charge in [0.05, 0.1) is 39.9 Å². The third-order valence-electron chi connectivity index (χ3n) is 14.8. The Bertz CT molecular complexity index is 1160. The predicted octanol–water partition coefficient (Wildman–Crippen LogP) is 19.4. The average molecular weight is 1030 g/mol. The maximum absolute atomic E-state index is 13.0. The number of phosphoric acid groups is 1. The summed E-state index contributed by atoms with van der Waals surface area (Å²) in [4.78, 5) is 23.4. The molecule has 8 nitrogen and oxygen atoms in total. The van der Waals surface area contributed by atoms with Gasteiger partial charge in [-0.25, -0.2) is 4.57 Å². The summed E-state index contributed by atoms with van der Waals surface area (Å²) in [6.07, 6.45) is 67.2. The SMILES string of the molecule is CCCCCCCCCCCCCC/C=C\CCCCCCCCCCCCCCCCCCCC(=O)NC(COP(=O)(O)OCC[N+](C)(C)C)C(O)CCCCCCCCCCCCCCCCCC. The van der Waals surface area contributed by atoms with Gasteiger partial charge in [0.25, 0.3) is 0 Å². The van der Waals surface area contributed by atoms with E-state index >= 15 is 0 Å². The zero-order valence-corrected chi connectivity index (χ0v) is 49.4. The van der Waals surface area contributed by atoms with Gasteiger partial charge in [-0.15, -0.1) is 0 Å². The molecule has 0 spiro atoms. The Labute approximate surface area is 443 Å². The molecule has 0 heterocycles. The van der Waals surface area contributed by atoms with Crippen LogP contribution in [0.3, 0.4) is 0 Å². The monoisotopic (exact) mass is 1030 g/mol. The van der Waals surface area contributed by atoms with E-state index in [1.165, 1.54) is 263 Å². The number of carbonyl (C=O) groups is 1. The van der Waals surface area contributed by atoms with Crippen molar-refractivity contribution in [1.29, 1.82) is 0 Å². The van der Waals surface area contributed by atoms with Crippen LogP contribution in [-0.4, -0.2) is 73.4 Å². The van der Waals surface area contributed by atoms with Crippen LogP contribution in [0.1, 0.15) is 328 Å². The Morgan fingerprint density at radius 2 is 0.761 bits per heavy atom. The Morgan fingerprint density at radius 1 is 0.465 bits per heavy atom. The first kappa shape index (κ1) is 70.2. The molecule has 3 atom stereocenters. The second-order valence-corrected chi connectivity index (χ2v) is 24.6. The number of hydrogen-bond donors (Lipinski definition) is 3. The van der Waals surface area contributed by atoms with Gasteiger partial charge >= 0.3 is 7.82 Å². The van der Waals surface area contributed by atoms with Gasteiger partial charge in [0.1, 0.15) is 13.2 Å². The molecule has 0 fully saturated rings. The maximum Gasteiger partial charge on any atom is 0.472 e. The van der Waals surface area contributed by atoms with Crippen LogP contribution in [0.25, 0.3) is 0 Å². The minimum atomic E-state index is -4.32. The molecular formula is C62H126N2O6P+. The molecule has 0 rings (SSSR count). The summed E-state index contributed by atoms with van der Waals surface area (Å²) in [5.41, 5.74) is 0. The van der Waals surface area contributed by atoms with Gasteiger partial charge in [0, 0.05) is 6.42 Å². The molecule has 3 N–H and O–H groups in total. The Kier molecular flexibility index (Phi) is 53.5. The summed E-state index contributed by atoms with van der Waals surface area (Å²) in [7, 11) is 1.63. The summed E-state index contributed by atoms with van der Waals surface area (Å²) in [5, 5.41) is 14.1. The summed E-state index contributed by atoms with van der Waals surface area (Å²) >= 11 is 0. The van der Waals surface area contributed by atoms with Crippen LogP contribution in [0.4, 0.5) is 0 Å². The number of aliphatic hydroxyl groups is 1. The van der Waals surface area contributed by atoms with Crippen molar-refractivity contribution in [2.45, 2.75) is 341 Å². The molecule has 0 aliphatic heterocycles. The zero-order valence-electron chi connectivity index (χ0n) is 48.5. The number of allylic oxidation sites excluding steroid dienone is 2. The summed E-state index contributed by atoms with van der Waals surface area (Å²) in [6.45, 7) is 4.94. The Balaban J connectivity index is 3.97. The fraction of sp³-hybridized carbons (Fsp3) is 0.952.